The fraction of sp³-hybridized carbons (Fsp3) is 0.857. The van der Waals surface area contributed by atoms with Crippen LogP contribution in [0.2, 0.25) is 0 Å². The number of nitrogens with two attached hydrogens (primary N) is 1. The average Bonchev–Trinajstić information content (AvgIpc) is 1.86. The van der Waals surface area contributed by atoms with Crippen LogP contribution in [0.4, 0.5) is 0 Å². The summed E-state index contributed by atoms with van der Waals surface area (Å²) in [5, 5.41) is 0. The van der Waals surface area contributed by atoms with E-state index in [1.54, 1.807) is 0 Å². The third-order valence-corrected chi connectivity index (χ3v) is 1.28. The molecule has 0 radical (unpaired) electrons. The summed E-state index contributed by atoms with van der Waals surface area (Å²) >= 11 is 0. The molecule has 60 valence electrons. The lowest BCUT2D eigenvalue weighted by atomic mass is 10.2. The molecular weight excluding hydrogens is 130 g/mol. The van der Waals surface area contributed by atoms with Gasteiger partial charge in [0.1, 0.15) is 6.10 Å². The number of esters is 1. The van der Waals surface area contributed by atoms with E-state index in [1.165, 1.54) is 6.92 Å². The molecule has 0 aromatic heterocycles. The van der Waals surface area contributed by atoms with E-state index in [-0.39, 0.29) is 12.1 Å². The van der Waals surface area contributed by atoms with Crippen molar-refractivity contribution in [2.75, 3.05) is 6.54 Å². The van der Waals surface area contributed by atoms with E-state index >= 15 is 0 Å². The highest BCUT2D eigenvalue weighted by Gasteiger charge is 2.06. The van der Waals surface area contributed by atoms with Crippen molar-refractivity contribution in [1.82, 2.24) is 0 Å². The normalized spacial score (nSPS) is 12.7. The van der Waals surface area contributed by atoms with E-state index in [9.17, 15) is 4.79 Å². The monoisotopic (exact) mass is 145 g/mol. The lowest BCUT2D eigenvalue weighted by Gasteiger charge is -2.12. The molecule has 0 rings (SSSR count). The smallest absolute Gasteiger partial charge is 0.302 e. The second kappa shape index (κ2) is 5.23. The van der Waals surface area contributed by atoms with Gasteiger partial charge >= 0.3 is 5.97 Å². The zero-order valence-corrected chi connectivity index (χ0v) is 6.59. The van der Waals surface area contributed by atoms with E-state index in [2.05, 4.69) is 0 Å². The predicted octanol–water partition coefficient (Wildman–Crippen LogP) is 0.677. The lowest BCUT2D eigenvalue weighted by Crippen LogP contribution is -2.19. The Morgan fingerprint density at radius 3 is 2.60 bits per heavy atom. The first-order valence-corrected chi connectivity index (χ1v) is 3.58. The van der Waals surface area contributed by atoms with Gasteiger partial charge in [0.2, 0.25) is 0 Å². The quantitative estimate of drug-likeness (QED) is 0.592. The molecule has 0 bridgehead atoms. The fourth-order valence-corrected chi connectivity index (χ4v) is 0.767. The van der Waals surface area contributed by atoms with Gasteiger partial charge in [-0.2, -0.15) is 0 Å². The number of rotatable bonds is 4. The molecule has 0 aromatic carbocycles. The third kappa shape index (κ3) is 4.32. The summed E-state index contributed by atoms with van der Waals surface area (Å²) in [6.07, 6.45) is 1.62. The second-order valence-corrected chi connectivity index (χ2v) is 2.22. The summed E-state index contributed by atoms with van der Waals surface area (Å²) in [7, 11) is 0. The fourth-order valence-electron chi connectivity index (χ4n) is 0.767. The summed E-state index contributed by atoms with van der Waals surface area (Å²) in [6, 6.07) is 0. The topological polar surface area (TPSA) is 52.3 Å². The molecule has 2 N–H and O–H groups in total. The van der Waals surface area contributed by atoms with Crippen LogP contribution in [0.3, 0.4) is 0 Å². The van der Waals surface area contributed by atoms with E-state index in [4.69, 9.17) is 10.5 Å². The summed E-state index contributed by atoms with van der Waals surface area (Å²) in [5.74, 6) is -0.222. The minimum atomic E-state index is -0.222. The minimum Gasteiger partial charge on any atom is -0.463 e. The van der Waals surface area contributed by atoms with Crippen molar-refractivity contribution in [1.29, 1.82) is 0 Å². The van der Waals surface area contributed by atoms with Crippen molar-refractivity contribution < 1.29 is 9.53 Å². The molecule has 0 aliphatic rings. The van der Waals surface area contributed by atoms with Gasteiger partial charge in [-0.05, 0) is 19.4 Å². The maximum absolute atomic E-state index is 10.4. The molecule has 0 fully saturated rings. The van der Waals surface area contributed by atoms with Crippen molar-refractivity contribution in [2.45, 2.75) is 32.8 Å². The Morgan fingerprint density at radius 1 is 1.70 bits per heavy atom. The highest BCUT2D eigenvalue weighted by molar-refractivity contribution is 5.66. The van der Waals surface area contributed by atoms with Gasteiger partial charge in [0, 0.05) is 6.92 Å². The Labute approximate surface area is 61.5 Å². The molecule has 3 heteroatoms. The molecule has 0 amide bonds. The molecule has 0 aliphatic heterocycles. The van der Waals surface area contributed by atoms with Crippen LogP contribution < -0.4 is 5.73 Å². The highest BCUT2D eigenvalue weighted by atomic mass is 16.5. The molecule has 0 spiro atoms. The van der Waals surface area contributed by atoms with Gasteiger partial charge in [-0.25, -0.2) is 0 Å². The number of carbonyl (C=O) groups excluding carboxylic acids is 1. The van der Waals surface area contributed by atoms with Crippen LogP contribution in [-0.2, 0) is 9.53 Å². The summed E-state index contributed by atoms with van der Waals surface area (Å²) in [5.41, 5.74) is 5.29. The van der Waals surface area contributed by atoms with Crippen molar-refractivity contribution in [3.05, 3.63) is 0 Å². The maximum Gasteiger partial charge on any atom is 0.302 e. The lowest BCUT2D eigenvalue weighted by molar-refractivity contribution is -0.146. The van der Waals surface area contributed by atoms with Gasteiger partial charge in [-0.3, -0.25) is 4.79 Å². The van der Waals surface area contributed by atoms with Gasteiger partial charge in [-0.1, -0.05) is 6.92 Å². The van der Waals surface area contributed by atoms with Gasteiger partial charge in [-0.15, -0.1) is 0 Å². The van der Waals surface area contributed by atoms with Gasteiger partial charge in [0.05, 0.1) is 0 Å². The number of hydrogen-bond acceptors (Lipinski definition) is 3. The van der Waals surface area contributed by atoms with E-state index in [0.29, 0.717) is 6.54 Å². The SMILES string of the molecule is CC[C@@H](CCN)OC(C)=O. The Hall–Kier alpha value is -0.570. The Balaban J connectivity index is 3.49. The van der Waals surface area contributed by atoms with Crippen LogP contribution >= 0.6 is 0 Å². The summed E-state index contributed by atoms with van der Waals surface area (Å²) in [6.45, 7) is 3.97. The van der Waals surface area contributed by atoms with Crippen molar-refractivity contribution >= 4 is 5.97 Å². The van der Waals surface area contributed by atoms with E-state index in [1.807, 2.05) is 6.92 Å². The molecule has 1 atom stereocenters. The first-order valence-electron chi connectivity index (χ1n) is 3.58. The molecule has 0 heterocycles. The summed E-state index contributed by atoms with van der Waals surface area (Å²) in [4.78, 5) is 10.4. The Morgan fingerprint density at radius 2 is 2.30 bits per heavy atom. The van der Waals surface area contributed by atoms with E-state index < -0.39 is 0 Å². The van der Waals surface area contributed by atoms with Gasteiger partial charge in [0.25, 0.3) is 0 Å². The second-order valence-electron chi connectivity index (χ2n) is 2.22. The molecule has 0 saturated carbocycles. The average molecular weight is 145 g/mol. The van der Waals surface area contributed by atoms with Crippen LogP contribution in [0, 0.1) is 0 Å². The molecule has 0 unspecified atom stereocenters. The Kier molecular flexibility index (Phi) is 4.94. The highest BCUT2D eigenvalue weighted by Crippen LogP contribution is 2.01. The summed E-state index contributed by atoms with van der Waals surface area (Å²) < 4.78 is 4.92. The first kappa shape index (κ1) is 9.43. The molecule has 0 aliphatic carbocycles. The van der Waals surface area contributed by atoms with Crippen molar-refractivity contribution in [3.63, 3.8) is 0 Å². The number of hydrogen-bond donors (Lipinski definition) is 1. The van der Waals surface area contributed by atoms with Crippen LogP contribution in [0.15, 0.2) is 0 Å². The third-order valence-electron chi connectivity index (χ3n) is 1.28. The van der Waals surface area contributed by atoms with Gasteiger partial charge < -0.3 is 10.5 Å². The van der Waals surface area contributed by atoms with Crippen LogP contribution in [0.1, 0.15) is 26.7 Å². The first-order chi connectivity index (χ1) is 4.70. The standard InChI is InChI=1S/C7H15NO2/c1-3-7(4-5-8)10-6(2)9/h7H,3-5,8H2,1-2H3/t7-/m0/s1. The zero-order chi connectivity index (χ0) is 7.98. The van der Waals surface area contributed by atoms with E-state index in [0.717, 1.165) is 12.8 Å². The van der Waals surface area contributed by atoms with Crippen molar-refractivity contribution in [3.8, 4) is 0 Å². The molecule has 0 aromatic rings. The Bertz CT molecular complexity index is 104. The van der Waals surface area contributed by atoms with Gasteiger partial charge in [0.15, 0.2) is 0 Å². The predicted molar refractivity (Wildman–Crippen MR) is 39.5 cm³/mol. The molecular formula is C7H15NO2. The molecule has 10 heavy (non-hydrogen) atoms. The minimum absolute atomic E-state index is 0.0162. The number of carbonyl (C=O) groups is 1. The maximum atomic E-state index is 10.4. The molecule has 3 nitrogen and oxygen atoms in total. The van der Waals surface area contributed by atoms with Crippen molar-refractivity contribution in [2.24, 2.45) is 5.73 Å². The zero-order valence-electron chi connectivity index (χ0n) is 6.59. The largest absolute Gasteiger partial charge is 0.463 e. The van der Waals surface area contributed by atoms with Crippen LogP contribution in [0.25, 0.3) is 0 Å². The van der Waals surface area contributed by atoms with Crippen LogP contribution in [0.5, 0.6) is 0 Å². The van der Waals surface area contributed by atoms with Crippen LogP contribution in [-0.4, -0.2) is 18.6 Å². The number of ether oxygens (including phenoxy) is 1. The molecule has 0 saturated heterocycles.